The summed E-state index contributed by atoms with van der Waals surface area (Å²) in [6.07, 6.45) is 3.99. The zero-order chi connectivity index (χ0) is 15.3. The van der Waals surface area contributed by atoms with Crippen LogP contribution in [0.5, 0.6) is 0 Å². The van der Waals surface area contributed by atoms with Gasteiger partial charge in [-0.25, -0.2) is 4.68 Å². The molecule has 0 aliphatic heterocycles. The molecule has 5 heteroatoms. The van der Waals surface area contributed by atoms with Gasteiger partial charge in [0, 0.05) is 12.6 Å². The predicted molar refractivity (Wildman–Crippen MR) is 88.2 cm³/mol. The van der Waals surface area contributed by atoms with Gasteiger partial charge in [0.15, 0.2) is 0 Å². The van der Waals surface area contributed by atoms with Crippen molar-refractivity contribution in [1.29, 1.82) is 0 Å². The standard InChI is InChI=1S/C15H26BrN3O/c1-6-12(7-2)11(5)18-13-8-17-19(9-10(3)4)15(20)14(13)16/h8,10-12,18H,6-7,9H2,1-5H3. The summed E-state index contributed by atoms with van der Waals surface area (Å²) in [7, 11) is 0. The van der Waals surface area contributed by atoms with Gasteiger partial charge in [0.2, 0.25) is 0 Å². The average molecular weight is 344 g/mol. The number of hydrogen-bond acceptors (Lipinski definition) is 3. The molecule has 0 fully saturated rings. The minimum atomic E-state index is -0.0690. The van der Waals surface area contributed by atoms with Crippen LogP contribution in [0.25, 0.3) is 0 Å². The minimum absolute atomic E-state index is 0.0690. The van der Waals surface area contributed by atoms with Crippen LogP contribution < -0.4 is 10.9 Å². The van der Waals surface area contributed by atoms with Crippen molar-refractivity contribution in [2.75, 3.05) is 5.32 Å². The van der Waals surface area contributed by atoms with Crippen LogP contribution in [0.2, 0.25) is 0 Å². The van der Waals surface area contributed by atoms with E-state index in [0.717, 1.165) is 18.5 Å². The Kier molecular flexibility index (Phi) is 6.72. The molecule has 1 heterocycles. The topological polar surface area (TPSA) is 46.9 Å². The lowest BCUT2D eigenvalue weighted by Gasteiger charge is -2.24. The van der Waals surface area contributed by atoms with Crippen molar-refractivity contribution in [3.63, 3.8) is 0 Å². The predicted octanol–water partition coefficient (Wildman–Crippen LogP) is 3.90. The van der Waals surface area contributed by atoms with Crippen LogP contribution in [-0.2, 0) is 6.54 Å². The molecule has 0 aromatic carbocycles. The first-order valence-electron chi connectivity index (χ1n) is 7.42. The summed E-state index contributed by atoms with van der Waals surface area (Å²) >= 11 is 3.41. The fourth-order valence-electron chi connectivity index (χ4n) is 2.40. The molecule has 20 heavy (non-hydrogen) atoms. The number of halogens is 1. The molecule has 1 atom stereocenters. The maximum atomic E-state index is 12.2. The van der Waals surface area contributed by atoms with E-state index in [1.165, 1.54) is 4.68 Å². The molecule has 0 amide bonds. The molecular formula is C15H26BrN3O. The second-order valence-corrected chi connectivity index (χ2v) is 6.56. The van der Waals surface area contributed by atoms with Gasteiger partial charge in [-0.05, 0) is 34.7 Å². The Morgan fingerprint density at radius 3 is 2.40 bits per heavy atom. The van der Waals surface area contributed by atoms with Crippen LogP contribution in [0.1, 0.15) is 47.5 Å². The van der Waals surface area contributed by atoms with E-state index in [9.17, 15) is 4.79 Å². The quantitative estimate of drug-likeness (QED) is 0.816. The third kappa shape index (κ3) is 4.33. The summed E-state index contributed by atoms with van der Waals surface area (Å²) < 4.78 is 2.09. The van der Waals surface area contributed by atoms with Gasteiger partial charge in [-0.15, -0.1) is 0 Å². The van der Waals surface area contributed by atoms with E-state index in [0.29, 0.717) is 28.9 Å². The van der Waals surface area contributed by atoms with Gasteiger partial charge in [-0.2, -0.15) is 5.10 Å². The second-order valence-electron chi connectivity index (χ2n) is 5.76. The van der Waals surface area contributed by atoms with Crippen LogP contribution in [0.3, 0.4) is 0 Å². The van der Waals surface area contributed by atoms with Gasteiger partial charge in [0.05, 0.1) is 11.9 Å². The summed E-state index contributed by atoms with van der Waals surface area (Å²) in [6, 6.07) is 0.323. The zero-order valence-electron chi connectivity index (χ0n) is 13.1. The highest BCUT2D eigenvalue weighted by atomic mass is 79.9. The molecule has 0 aliphatic carbocycles. The van der Waals surface area contributed by atoms with E-state index in [-0.39, 0.29) is 5.56 Å². The maximum Gasteiger partial charge on any atom is 0.283 e. The van der Waals surface area contributed by atoms with E-state index in [1.807, 2.05) is 0 Å². The van der Waals surface area contributed by atoms with Gasteiger partial charge in [-0.1, -0.05) is 40.5 Å². The van der Waals surface area contributed by atoms with E-state index in [2.05, 4.69) is 61.0 Å². The molecule has 1 unspecified atom stereocenters. The maximum absolute atomic E-state index is 12.2. The van der Waals surface area contributed by atoms with Gasteiger partial charge in [-0.3, -0.25) is 4.79 Å². The van der Waals surface area contributed by atoms with Gasteiger partial charge in [0.25, 0.3) is 5.56 Å². The van der Waals surface area contributed by atoms with Crippen molar-refractivity contribution in [3.8, 4) is 0 Å². The molecule has 1 N–H and O–H groups in total. The van der Waals surface area contributed by atoms with Crippen molar-refractivity contribution in [2.24, 2.45) is 11.8 Å². The molecular weight excluding hydrogens is 318 g/mol. The highest BCUT2D eigenvalue weighted by Gasteiger charge is 2.16. The molecule has 114 valence electrons. The molecule has 0 bridgehead atoms. The third-order valence-electron chi connectivity index (χ3n) is 3.66. The van der Waals surface area contributed by atoms with Crippen LogP contribution in [-0.4, -0.2) is 15.8 Å². The Morgan fingerprint density at radius 2 is 1.90 bits per heavy atom. The summed E-state index contributed by atoms with van der Waals surface area (Å²) in [6.45, 7) is 11.3. The Hall–Kier alpha value is -0.840. The smallest absolute Gasteiger partial charge is 0.283 e. The molecule has 0 radical (unpaired) electrons. The molecule has 1 aromatic rings. The van der Waals surface area contributed by atoms with Crippen molar-refractivity contribution in [2.45, 2.75) is 60.0 Å². The van der Waals surface area contributed by atoms with Gasteiger partial charge in [0.1, 0.15) is 4.47 Å². The fraction of sp³-hybridized carbons (Fsp3) is 0.733. The SMILES string of the molecule is CCC(CC)C(C)Nc1cnn(CC(C)C)c(=O)c1Br. The minimum Gasteiger partial charge on any atom is -0.380 e. The lowest BCUT2D eigenvalue weighted by molar-refractivity contribution is 0.436. The third-order valence-corrected chi connectivity index (χ3v) is 4.43. The summed E-state index contributed by atoms with van der Waals surface area (Å²) in [5.74, 6) is 0.995. The molecule has 1 aromatic heterocycles. The van der Waals surface area contributed by atoms with E-state index < -0.39 is 0 Å². The highest BCUT2D eigenvalue weighted by molar-refractivity contribution is 9.10. The van der Waals surface area contributed by atoms with Crippen molar-refractivity contribution in [1.82, 2.24) is 9.78 Å². The second kappa shape index (κ2) is 7.81. The van der Waals surface area contributed by atoms with Crippen LogP contribution in [0, 0.1) is 11.8 Å². The number of nitrogens with zero attached hydrogens (tertiary/aromatic N) is 2. The lowest BCUT2D eigenvalue weighted by Crippen LogP contribution is -2.30. The fourth-order valence-corrected chi connectivity index (χ4v) is 2.82. The van der Waals surface area contributed by atoms with Crippen molar-refractivity contribution < 1.29 is 0 Å². The molecule has 4 nitrogen and oxygen atoms in total. The summed E-state index contributed by atoms with van der Waals surface area (Å²) in [4.78, 5) is 12.2. The van der Waals surface area contributed by atoms with E-state index in [1.54, 1.807) is 6.20 Å². The Morgan fingerprint density at radius 1 is 1.30 bits per heavy atom. The number of aromatic nitrogens is 2. The largest absolute Gasteiger partial charge is 0.380 e. The monoisotopic (exact) mass is 343 g/mol. The van der Waals surface area contributed by atoms with E-state index >= 15 is 0 Å². The zero-order valence-corrected chi connectivity index (χ0v) is 14.7. The first-order valence-corrected chi connectivity index (χ1v) is 8.22. The summed E-state index contributed by atoms with van der Waals surface area (Å²) in [5, 5.41) is 7.67. The number of rotatable bonds is 7. The van der Waals surface area contributed by atoms with Crippen molar-refractivity contribution in [3.05, 3.63) is 21.0 Å². The summed E-state index contributed by atoms with van der Waals surface area (Å²) in [5.41, 5.74) is 0.717. The van der Waals surface area contributed by atoms with Crippen LogP contribution >= 0.6 is 15.9 Å². The van der Waals surface area contributed by atoms with Crippen molar-refractivity contribution >= 4 is 21.6 Å². The molecule has 0 spiro atoms. The van der Waals surface area contributed by atoms with Gasteiger partial charge >= 0.3 is 0 Å². The van der Waals surface area contributed by atoms with Crippen LogP contribution in [0.4, 0.5) is 5.69 Å². The first-order chi connectivity index (χ1) is 9.40. The molecule has 0 aliphatic rings. The number of nitrogens with one attached hydrogen (secondary N) is 1. The average Bonchev–Trinajstić information content (AvgIpc) is 2.39. The molecule has 0 saturated carbocycles. The molecule has 0 saturated heterocycles. The lowest BCUT2D eigenvalue weighted by atomic mass is 9.95. The Balaban J connectivity index is 2.93. The van der Waals surface area contributed by atoms with Gasteiger partial charge < -0.3 is 5.32 Å². The normalized spacial score (nSPS) is 13.0. The highest BCUT2D eigenvalue weighted by Crippen LogP contribution is 2.22. The Labute approximate surface area is 130 Å². The molecule has 1 rings (SSSR count). The first kappa shape index (κ1) is 17.2. The van der Waals surface area contributed by atoms with E-state index in [4.69, 9.17) is 0 Å². The Bertz CT molecular complexity index is 480. The number of hydrogen-bond donors (Lipinski definition) is 1. The van der Waals surface area contributed by atoms with Crippen LogP contribution in [0.15, 0.2) is 15.5 Å². The number of anilines is 1.